The third-order valence-electron chi connectivity index (χ3n) is 7.52. The number of hydrogen-bond donors (Lipinski definition) is 7. The first-order valence-electron chi connectivity index (χ1n) is 12.2. The molecule has 8 N–H and O–H groups in total. The van der Waals surface area contributed by atoms with Crippen molar-refractivity contribution in [2.45, 2.75) is 81.4 Å². The minimum atomic E-state index is -0.944. The van der Waals surface area contributed by atoms with Crippen molar-refractivity contribution >= 4 is 0 Å². The third-order valence-corrected chi connectivity index (χ3v) is 7.52. The second kappa shape index (κ2) is 11.1. The van der Waals surface area contributed by atoms with Gasteiger partial charge in [0.15, 0.2) is 0 Å². The van der Waals surface area contributed by atoms with E-state index in [0.29, 0.717) is 19.9 Å². The number of nitrogens with zero attached hydrogens (tertiary/aromatic N) is 2. The fourth-order valence-electron chi connectivity index (χ4n) is 5.58. The molecule has 10 nitrogen and oxygen atoms in total. The maximum atomic E-state index is 10.7. The van der Waals surface area contributed by atoms with Gasteiger partial charge in [0.2, 0.25) is 0 Å². The molecule has 3 heterocycles. The fraction of sp³-hybridized carbons (Fsp3) is 1.00. The van der Waals surface area contributed by atoms with Crippen LogP contribution in [0.1, 0.15) is 38.5 Å². The van der Waals surface area contributed by atoms with Crippen molar-refractivity contribution in [3.8, 4) is 0 Å². The molecule has 0 aromatic rings. The minimum Gasteiger partial charge on any atom is -0.387 e. The summed E-state index contributed by atoms with van der Waals surface area (Å²) in [6, 6.07) is 0.0306. The first-order chi connectivity index (χ1) is 15.0. The lowest BCUT2D eigenvalue weighted by molar-refractivity contribution is -0.106. The highest BCUT2D eigenvalue weighted by molar-refractivity contribution is 5.01. The molecule has 4 aliphatic rings. The summed E-state index contributed by atoms with van der Waals surface area (Å²) in [6.45, 7) is 4.63. The average Bonchev–Trinajstić information content (AvgIpc) is 3.32. The Balaban J connectivity index is 1.17. The van der Waals surface area contributed by atoms with E-state index in [2.05, 4.69) is 26.2 Å². The molecule has 1 saturated carbocycles. The molecule has 0 aromatic heterocycles. The molecule has 3 aliphatic heterocycles. The monoisotopic (exact) mass is 441 g/mol. The van der Waals surface area contributed by atoms with E-state index < -0.39 is 24.5 Å². The van der Waals surface area contributed by atoms with Gasteiger partial charge < -0.3 is 30.9 Å². The molecule has 0 radical (unpaired) electrons. The van der Waals surface area contributed by atoms with Crippen molar-refractivity contribution in [2.75, 3.05) is 46.6 Å². The number of aliphatic hydroxyl groups is 2. The average molecular weight is 442 g/mol. The number of fused-ring (bicyclic) bond motifs is 1. The van der Waals surface area contributed by atoms with Gasteiger partial charge in [0.05, 0.1) is 25.0 Å². The second-order valence-corrected chi connectivity index (χ2v) is 9.81. The summed E-state index contributed by atoms with van der Waals surface area (Å²) < 4.78 is 6.15. The van der Waals surface area contributed by atoms with Crippen molar-refractivity contribution in [2.24, 2.45) is 11.7 Å². The topological polar surface area (TPSA) is 130 Å². The first-order valence-corrected chi connectivity index (χ1v) is 12.2. The molecule has 1 aliphatic carbocycles. The lowest BCUT2D eigenvalue weighted by Crippen LogP contribution is -2.68. The summed E-state index contributed by atoms with van der Waals surface area (Å²) in [7, 11) is 2.04. The third kappa shape index (κ3) is 5.75. The fourth-order valence-corrected chi connectivity index (χ4v) is 5.58. The predicted molar refractivity (Wildman–Crippen MR) is 119 cm³/mol. The second-order valence-electron chi connectivity index (χ2n) is 9.81. The minimum absolute atomic E-state index is 0.0306. The highest BCUT2D eigenvalue weighted by Gasteiger charge is 2.51. The van der Waals surface area contributed by atoms with Crippen LogP contribution in [-0.2, 0) is 4.74 Å². The van der Waals surface area contributed by atoms with Gasteiger partial charge in [-0.2, -0.15) is 0 Å². The molecule has 0 spiro atoms. The molecule has 0 aromatic carbocycles. The van der Waals surface area contributed by atoms with Crippen LogP contribution in [0.4, 0.5) is 0 Å². The summed E-state index contributed by atoms with van der Waals surface area (Å²) in [4.78, 5) is 4.20. The van der Waals surface area contributed by atoms with E-state index >= 15 is 0 Å². The van der Waals surface area contributed by atoms with Gasteiger partial charge in [-0.25, -0.2) is 4.90 Å². The molecule has 0 bridgehead atoms. The highest BCUT2D eigenvalue weighted by Crippen LogP contribution is 2.29. The van der Waals surface area contributed by atoms with Crippen LogP contribution in [0.5, 0.6) is 0 Å². The summed E-state index contributed by atoms with van der Waals surface area (Å²) in [5, 5.41) is 34.8. The van der Waals surface area contributed by atoms with Gasteiger partial charge in [0.25, 0.3) is 0 Å². The van der Waals surface area contributed by atoms with Crippen molar-refractivity contribution in [1.82, 2.24) is 31.1 Å². The molecule has 7 atom stereocenters. The van der Waals surface area contributed by atoms with E-state index in [1.54, 1.807) is 0 Å². The number of nitrogens with one attached hydrogen (secondary N) is 4. The Morgan fingerprint density at radius 2 is 1.90 bits per heavy atom. The predicted octanol–water partition coefficient (Wildman–Crippen LogP) is -2.08. The molecule has 10 heteroatoms. The molecule has 3 saturated heterocycles. The van der Waals surface area contributed by atoms with Crippen molar-refractivity contribution in [3.63, 3.8) is 0 Å². The number of ether oxygens (including phenoxy) is 1. The number of hydrogen-bond acceptors (Lipinski definition) is 10. The maximum Gasteiger partial charge on any atom is 0.142 e. The van der Waals surface area contributed by atoms with Crippen LogP contribution in [-0.4, -0.2) is 109 Å². The van der Waals surface area contributed by atoms with Gasteiger partial charge in [0.1, 0.15) is 24.5 Å². The Morgan fingerprint density at radius 1 is 1.10 bits per heavy atom. The van der Waals surface area contributed by atoms with Crippen LogP contribution in [0, 0.1) is 5.92 Å². The molecule has 4 fully saturated rings. The zero-order valence-corrected chi connectivity index (χ0v) is 18.9. The quantitative estimate of drug-likeness (QED) is 0.200. The van der Waals surface area contributed by atoms with Crippen molar-refractivity contribution < 1.29 is 14.9 Å². The standard InChI is InChI=1S/C21H43N7O3/c1-27(10-9-23-8-7-14-5-3-2-4-6-14)11-15-17(29)18(30)21(31-15)28-13-26-16-19(22)24-12-25-20(16)28/h14-21,23-26,29-30H,2-13,22H2,1H3/t15-,16?,17-,18-,19?,20?,21-/m1/s1. The molecule has 180 valence electrons. The number of rotatable bonds is 9. The lowest BCUT2D eigenvalue weighted by Gasteiger charge is -2.38. The smallest absolute Gasteiger partial charge is 0.142 e. The molecule has 4 rings (SSSR count). The van der Waals surface area contributed by atoms with Gasteiger partial charge in [-0.15, -0.1) is 0 Å². The largest absolute Gasteiger partial charge is 0.387 e. The van der Waals surface area contributed by atoms with Crippen molar-refractivity contribution in [3.05, 3.63) is 0 Å². The lowest BCUT2D eigenvalue weighted by atomic mass is 9.87. The summed E-state index contributed by atoms with van der Waals surface area (Å²) in [6.07, 6.45) is 5.28. The Kier molecular flexibility index (Phi) is 8.54. The summed E-state index contributed by atoms with van der Waals surface area (Å²) in [5.74, 6) is 0.906. The number of nitrogens with two attached hydrogens (primary N) is 1. The van der Waals surface area contributed by atoms with E-state index in [9.17, 15) is 10.2 Å². The van der Waals surface area contributed by atoms with Crippen LogP contribution < -0.4 is 27.0 Å². The molecule has 31 heavy (non-hydrogen) atoms. The van der Waals surface area contributed by atoms with Crippen LogP contribution in [0.2, 0.25) is 0 Å². The van der Waals surface area contributed by atoms with Crippen LogP contribution in [0.25, 0.3) is 0 Å². The summed E-state index contributed by atoms with van der Waals surface area (Å²) >= 11 is 0. The Labute approximate surface area is 186 Å². The van der Waals surface area contributed by atoms with Gasteiger partial charge >= 0.3 is 0 Å². The Bertz CT molecular complexity index is 553. The Morgan fingerprint density at radius 3 is 2.71 bits per heavy atom. The molecular formula is C21H43N7O3. The Hall–Kier alpha value is -0.400. The van der Waals surface area contributed by atoms with Gasteiger partial charge in [0, 0.05) is 26.3 Å². The van der Waals surface area contributed by atoms with Crippen LogP contribution in [0.15, 0.2) is 0 Å². The van der Waals surface area contributed by atoms with Gasteiger partial charge in [-0.1, -0.05) is 32.1 Å². The molecule has 0 amide bonds. The number of aliphatic hydroxyl groups excluding tert-OH is 2. The normalized spacial score (nSPS) is 40.0. The van der Waals surface area contributed by atoms with E-state index in [1.807, 2.05) is 11.9 Å². The molecule has 3 unspecified atom stereocenters. The van der Waals surface area contributed by atoms with Crippen molar-refractivity contribution in [1.29, 1.82) is 0 Å². The molecular weight excluding hydrogens is 398 g/mol. The van der Waals surface area contributed by atoms with E-state index in [1.165, 1.54) is 38.5 Å². The van der Waals surface area contributed by atoms with Gasteiger partial charge in [-0.05, 0) is 25.9 Å². The van der Waals surface area contributed by atoms with E-state index in [-0.39, 0.29) is 18.4 Å². The van der Waals surface area contributed by atoms with Gasteiger partial charge in [-0.3, -0.25) is 16.0 Å². The zero-order chi connectivity index (χ0) is 21.8. The maximum absolute atomic E-state index is 10.7. The van der Waals surface area contributed by atoms with E-state index in [4.69, 9.17) is 10.5 Å². The highest BCUT2D eigenvalue weighted by atomic mass is 16.6. The van der Waals surface area contributed by atoms with Crippen LogP contribution >= 0.6 is 0 Å². The first kappa shape index (κ1) is 23.7. The van der Waals surface area contributed by atoms with E-state index in [0.717, 1.165) is 25.6 Å². The number of likely N-dealkylation sites (N-methyl/N-ethyl adjacent to an activating group) is 1. The summed E-state index contributed by atoms with van der Waals surface area (Å²) in [5.41, 5.74) is 6.14. The SMILES string of the molecule is CN(CCNCCC1CCCCC1)C[C@H]1O[C@@H](N2CNC3C(N)NCNC32)[C@H](O)[C@@H]1O. The zero-order valence-electron chi connectivity index (χ0n) is 18.9. The van der Waals surface area contributed by atoms with Crippen LogP contribution in [0.3, 0.4) is 0 Å².